The Morgan fingerprint density at radius 1 is 1.19 bits per heavy atom. The van der Waals surface area contributed by atoms with Gasteiger partial charge in [-0.25, -0.2) is 9.97 Å². The molecular weight excluding hydrogens is 204 g/mol. The molecule has 5 N–H and O–H groups in total. The van der Waals surface area contributed by atoms with E-state index in [0.717, 1.165) is 0 Å². The summed E-state index contributed by atoms with van der Waals surface area (Å²) < 4.78 is 0. The number of hydrogen-bond acceptors (Lipinski definition) is 3. The van der Waals surface area contributed by atoms with Gasteiger partial charge in [0.15, 0.2) is 12.4 Å². The third-order valence-corrected chi connectivity index (χ3v) is 1.68. The van der Waals surface area contributed by atoms with Gasteiger partial charge in [-0.15, -0.1) is 0 Å². The number of anilines is 1. The molecule has 0 fully saturated rings. The Morgan fingerprint density at radius 3 is 2.19 bits per heavy atom. The molecule has 0 aliphatic carbocycles. The van der Waals surface area contributed by atoms with Crippen LogP contribution in [0.2, 0.25) is 0 Å². The van der Waals surface area contributed by atoms with Gasteiger partial charge in [-0.3, -0.25) is 4.79 Å². The zero-order valence-electron chi connectivity index (χ0n) is 8.63. The van der Waals surface area contributed by atoms with E-state index >= 15 is 0 Å². The van der Waals surface area contributed by atoms with Crippen molar-refractivity contribution in [2.24, 2.45) is 5.73 Å². The van der Waals surface area contributed by atoms with Crippen LogP contribution in [0.3, 0.4) is 0 Å². The molecular formula is C11H13N4O+. The van der Waals surface area contributed by atoms with Gasteiger partial charge in [0.2, 0.25) is 5.91 Å². The third kappa shape index (κ3) is 4.19. The van der Waals surface area contributed by atoms with Gasteiger partial charge in [-0.2, -0.15) is 0 Å². The zero-order chi connectivity index (χ0) is 11.8. The van der Waals surface area contributed by atoms with Gasteiger partial charge in [0.25, 0.3) is 0 Å². The first-order valence-corrected chi connectivity index (χ1v) is 4.62. The fourth-order valence-electron chi connectivity index (χ4n) is 0.893. The lowest BCUT2D eigenvalue weighted by Gasteiger charge is -1.93. The zero-order valence-corrected chi connectivity index (χ0v) is 8.63. The first-order valence-electron chi connectivity index (χ1n) is 4.62. The molecule has 5 nitrogen and oxygen atoms in total. The van der Waals surface area contributed by atoms with Gasteiger partial charge in [-0.1, -0.05) is 6.07 Å². The highest BCUT2D eigenvalue weighted by Crippen LogP contribution is 1.98. The minimum Gasteiger partial charge on any atom is -0.384 e. The lowest BCUT2D eigenvalue weighted by Crippen LogP contribution is -2.11. The molecule has 0 radical (unpaired) electrons. The van der Waals surface area contributed by atoms with E-state index in [1.165, 1.54) is 18.3 Å². The molecule has 0 atom stereocenters. The molecule has 0 aromatic carbocycles. The van der Waals surface area contributed by atoms with Crippen molar-refractivity contribution in [3.8, 4) is 0 Å². The van der Waals surface area contributed by atoms with Crippen molar-refractivity contribution in [3.63, 3.8) is 0 Å². The van der Waals surface area contributed by atoms with Gasteiger partial charge in [0.1, 0.15) is 5.82 Å². The van der Waals surface area contributed by atoms with Gasteiger partial charge >= 0.3 is 0 Å². The Morgan fingerprint density at radius 2 is 1.88 bits per heavy atom. The largest absolute Gasteiger partial charge is 0.384 e. The molecule has 82 valence electrons. The Balaban J connectivity index is 0.000000181. The number of amides is 1. The maximum absolute atomic E-state index is 10.5. The van der Waals surface area contributed by atoms with Crippen molar-refractivity contribution in [2.75, 3.05) is 5.73 Å². The number of nitrogen functional groups attached to an aromatic ring is 1. The number of primary amides is 1. The van der Waals surface area contributed by atoms with Gasteiger partial charge in [-0.05, 0) is 12.1 Å². The monoisotopic (exact) mass is 217 g/mol. The van der Waals surface area contributed by atoms with Crippen molar-refractivity contribution >= 4 is 11.7 Å². The summed E-state index contributed by atoms with van der Waals surface area (Å²) in [7, 11) is 0. The summed E-state index contributed by atoms with van der Waals surface area (Å²) in [5.74, 6) is -0.113. The number of nitrogens with two attached hydrogens (primary N) is 2. The Hall–Kier alpha value is -2.43. The Labute approximate surface area is 93.1 Å². The molecule has 2 aromatic heterocycles. The molecule has 0 aliphatic heterocycles. The number of H-pyrrole nitrogens is 1. The molecule has 0 aliphatic rings. The van der Waals surface area contributed by atoms with Crippen LogP contribution in [-0.2, 0) is 0 Å². The average Bonchev–Trinajstić information content (AvgIpc) is 2.32. The van der Waals surface area contributed by atoms with Crippen LogP contribution in [0.5, 0.6) is 0 Å². The summed E-state index contributed by atoms with van der Waals surface area (Å²) in [5.41, 5.74) is 10.6. The minimum atomic E-state index is -0.493. The van der Waals surface area contributed by atoms with Crippen molar-refractivity contribution in [2.45, 2.75) is 0 Å². The van der Waals surface area contributed by atoms with Crippen LogP contribution in [0.4, 0.5) is 5.82 Å². The quantitative estimate of drug-likeness (QED) is 0.717. The van der Waals surface area contributed by atoms with Crippen LogP contribution in [-0.4, -0.2) is 10.9 Å². The second kappa shape index (κ2) is 6.13. The molecule has 0 saturated carbocycles. The van der Waals surface area contributed by atoms with Crippen molar-refractivity contribution in [1.29, 1.82) is 0 Å². The van der Waals surface area contributed by atoms with Crippen molar-refractivity contribution in [3.05, 3.63) is 54.5 Å². The first-order chi connectivity index (χ1) is 7.70. The van der Waals surface area contributed by atoms with Crippen LogP contribution < -0.4 is 16.5 Å². The summed E-state index contributed by atoms with van der Waals surface area (Å²) >= 11 is 0. The summed E-state index contributed by atoms with van der Waals surface area (Å²) in [5, 5.41) is 0. The van der Waals surface area contributed by atoms with E-state index in [0.29, 0.717) is 11.4 Å². The predicted octanol–water partition coefficient (Wildman–Crippen LogP) is 0.263. The number of rotatable bonds is 1. The van der Waals surface area contributed by atoms with E-state index in [9.17, 15) is 4.79 Å². The Kier molecular flexibility index (Phi) is 4.46. The third-order valence-electron chi connectivity index (χ3n) is 1.68. The normalized spacial score (nSPS) is 8.75. The van der Waals surface area contributed by atoms with Crippen LogP contribution in [0.15, 0.2) is 48.9 Å². The van der Waals surface area contributed by atoms with Crippen LogP contribution in [0, 0.1) is 0 Å². The second-order valence-electron chi connectivity index (χ2n) is 2.91. The fraction of sp³-hybridized carbons (Fsp3) is 0. The van der Waals surface area contributed by atoms with Crippen molar-refractivity contribution in [1.82, 2.24) is 4.98 Å². The number of aromatic nitrogens is 2. The summed E-state index contributed by atoms with van der Waals surface area (Å²) in [4.78, 5) is 17.0. The van der Waals surface area contributed by atoms with Gasteiger partial charge < -0.3 is 11.5 Å². The fourth-order valence-corrected chi connectivity index (χ4v) is 0.893. The molecule has 0 spiro atoms. The van der Waals surface area contributed by atoms with Gasteiger partial charge in [0, 0.05) is 18.3 Å². The number of nitrogens with zero attached hydrogens (tertiary/aromatic N) is 1. The average molecular weight is 217 g/mol. The second-order valence-corrected chi connectivity index (χ2v) is 2.91. The van der Waals surface area contributed by atoms with Crippen LogP contribution in [0.25, 0.3) is 0 Å². The maximum atomic E-state index is 10.5. The standard InChI is InChI=1S/C6H7N3O.C5H5N/c7-5-2-1-4(3-9-5)6(8)10;1-2-4-6-5-3-1/h1-3H,(H2,7,9)(H2,8,10);1-5H/p+1. The van der Waals surface area contributed by atoms with Gasteiger partial charge in [0.05, 0.1) is 5.56 Å². The maximum Gasteiger partial charge on any atom is 0.250 e. The molecule has 0 bridgehead atoms. The molecule has 2 heterocycles. The van der Waals surface area contributed by atoms with E-state index < -0.39 is 5.91 Å². The van der Waals surface area contributed by atoms with Crippen LogP contribution in [0.1, 0.15) is 10.4 Å². The number of aromatic amines is 1. The number of carbonyl (C=O) groups is 1. The summed E-state index contributed by atoms with van der Waals surface area (Å²) in [6, 6.07) is 8.92. The van der Waals surface area contributed by atoms with E-state index in [2.05, 4.69) is 9.97 Å². The number of pyridine rings is 2. The number of carbonyl (C=O) groups excluding carboxylic acids is 1. The first kappa shape index (κ1) is 11.6. The molecule has 1 amide bonds. The van der Waals surface area contributed by atoms with E-state index in [-0.39, 0.29) is 0 Å². The highest BCUT2D eigenvalue weighted by atomic mass is 16.1. The molecule has 2 rings (SSSR count). The Bertz CT molecular complexity index is 401. The number of hydrogen-bond donors (Lipinski definition) is 2. The topological polar surface area (TPSA) is 96.1 Å². The molecule has 0 unspecified atom stereocenters. The summed E-state index contributed by atoms with van der Waals surface area (Å²) in [6.45, 7) is 0. The molecule has 0 saturated heterocycles. The van der Waals surface area contributed by atoms with E-state index in [1.807, 2.05) is 30.6 Å². The van der Waals surface area contributed by atoms with E-state index in [4.69, 9.17) is 11.5 Å². The van der Waals surface area contributed by atoms with Crippen molar-refractivity contribution < 1.29 is 9.78 Å². The minimum absolute atomic E-state index is 0.370. The highest BCUT2D eigenvalue weighted by molar-refractivity contribution is 5.92. The molecule has 2 aromatic rings. The van der Waals surface area contributed by atoms with Crippen LogP contribution >= 0.6 is 0 Å². The summed E-state index contributed by atoms with van der Waals surface area (Å²) in [6.07, 6.45) is 5.09. The lowest BCUT2D eigenvalue weighted by atomic mass is 10.3. The smallest absolute Gasteiger partial charge is 0.250 e. The molecule has 16 heavy (non-hydrogen) atoms. The predicted molar refractivity (Wildman–Crippen MR) is 60.2 cm³/mol. The molecule has 5 heteroatoms. The highest BCUT2D eigenvalue weighted by Gasteiger charge is 1.97. The lowest BCUT2D eigenvalue weighted by molar-refractivity contribution is -0.377. The van der Waals surface area contributed by atoms with E-state index in [1.54, 1.807) is 0 Å². The number of nitrogens with one attached hydrogen (secondary N) is 1. The SMILES string of the molecule is NC(=O)c1ccc(N)nc1.c1cc[nH+]cc1.